The molecule has 5 nitrogen and oxygen atoms in total. The van der Waals surface area contributed by atoms with Crippen LogP contribution in [0.2, 0.25) is 0 Å². The molecule has 0 radical (unpaired) electrons. The molecule has 0 aliphatic carbocycles. The zero-order valence-electron chi connectivity index (χ0n) is 15.1. The third kappa shape index (κ3) is 3.64. The molecule has 0 spiro atoms. The normalized spacial score (nSPS) is 11.8. The van der Waals surface area contributed by atoms with Gasteiger partial charge in [0.05, 0.1) is 20.6 Å². The van der Waals surface area contributed by atoms with Crippen LogP contribution in [0.25, 0.3) is 10.2 Å². The molecule has 136 valence electrons. The Hall–Kier alpha value is -2.25. The van der Waals surface area contributed by atoms with Crippen molar-refractivity contribution in [3.63, 3.8) is 0 Å². The van der Waals surface area contributed by atoms with Crippen LogP contribution in [0.4, 0.5) is 0 Å². The quantitative estimate of drug-likeness (QED) is 0.626. The summed E-state index contributed by atoms with van der Waals surface area (Å²) in [6, 6.07) is 11.7. The van der Waals surface area contributed by atoms with Crippen molar-refractivity contribution in [1.29, 1.82) is 0 Å². The van der Waals surface area contributed by atoms with Gasteiger partial charge in [-0.2, -0.15) is 4.99 Å². The highest BCUT2D eigenvalue weighted by atomic mass is 32.2. The predicted octanol–water partition coefficient (Wildman–Crippen LogP) is 3.65. The SMILES string of the molecule is COc1ccc(OC)c2c1sc(=NC(=O)Cc1ccc(SC)cc1)n2C. The number of carbonyl (C=O) groups excluding carboxylic acids is 1. The zero-order chi connectivity index (χ0) is 18.7. The topological polar surface area (TPSA) is 52.8 Å². The molecule has 3 aromatic rings. The summed E-state index contributed by atoms with van der Waals surface area (Å²) in [7, 11) is 5.13. The van der Waals surface area contributed by atoms with Gasteiger partial charge in [-0.05, 0) is 36.1 Å². The van der Waals surface area contributed by atoms with Crippen molar-refractivity contribution < 1.29 is 14.3 Å². The molecule has 1 heterocycles. The fourth-order valence-electron chi connectivity index (χ4n) is 2.69. The maximum absolute atomic E-state index is 12.4. The fraction of sp³-hybridized carbons (Fsp3) is 0.263. The number of ether oxygens (including phenoxy) is 2. The van der Waals surface area contributed by atoms with Gasteiger partial charge in [0.15, 0.2) is 4.80 Å². The van der Waals surface area contributed by atoms with Crippen LogP contribution in [0, 0.1) is 0 Å². The molecule has 26 heavy (non-hydrogen) atoms. The maximum atomic E-state index is 12.4. The van der Waals surface area contributed by atoms with Crippen molar-refractivity contribution in [2.45, 2.75) is 11.3 Å². The van der Waals surface area contributed by atoms with E-state index in [2.05, 4.69) is 4.99 Å². The van der Waals surface area contributed by atoms with E-state index in [4.69, 9.17) is 9.47 Å². The summed E-state index contributed by atoms with van der Waals surface area (Å²) in [6.07, 6.45) is 2.30. The van der Waals surface area contributed by atoms with E-state index >= 15 is 0 Å². The number of rotatable bonds is 5. The minimum absolute atomic E-state index is 0.179. The van der Waals surface area contributed by atoms with Gasteiger partial charge in [-0.15, -0.1) is 11.8 Å². The zero-order valence-corrected chi connectivity index (χ0v) is 16.7. The van der Waals surface area contributed by atoms with E-state index in [9.17, 15) is 4.79 Å². The van der Waals surface area contributed by atoms with Gasteiger partial charge in [0.2, 0.25) is 0 Å². The molecular formula is C19H20N2O3S2. The van der Waals surface area contributed by atoms with Gasteiger partial charge < -0.3 is 14.0 Å². The van der Waals surface area contributed by atoms with Gasteiger partial charge in [0.25, 0.3) is 5.91 Å². The maximum Gasteiger partial charge on any atom is 0.252 e. The minimum atomic E-state index is -0.179. The van der Waals surface area contributed by atoms with Gasteiger partial charge in [0, 0.05) is 11.9 Å². The molecule has 0 saturated carbocycles. The van der Waals surface area contributed by atoms with Gasteiger partial charge in [-0.25, -0.2) is 0 Å². The number of amides is 1. The van der Waals surface area contributed by atoms with E-state index in [0.717, 1.165) is 27.3 Å². The molecule has 0 fully saturated rings. The number of methoxy groups -OCH3 is 2. The van der Waals surface area contributed by atoms with Crippen LogP contribution in [-0.2, 0) is 18.3 Å². The van der Waals surface area contributed by atoms with Gasteiger partial charge in [-0.1, -0.05) is 23.5 Å². The monoisotopic (exact) mass is 388 g/mol. The van der Waals surface area contributed by atoms with Crippen molar-refractivity contribution in [2.24, 2.45) is 12.0 Å². The van der Waals surface area contributed by atoms with E-state index in [1.807, 2.05) is 54.3 Å². The summed E-state index contributed by atoms with van der Waals surface area (Å²) in [5, 5.41) is 0. The second-order valence-electron chi connectivity index (χ2n) is 5.62. The number of hydrogen-bond donors (Lipinski definition) is 0. The number of thiazole rings is 1. The molecule has 2 aromatic carbocycles. The van der Waals surface area contributed by atoms with Crippen LogP contribution in [0.3, 0.4) is 0 Å². The van der Waals surface area contributed by atoms with Crippen molar-refractivity contribution in [3.8, 4) is 11.5 Å². The van der Waals surface area contributed by atoms with Crippen LogP contribution in [-0.4, -0.2) is 30.9 Å². The Morgan fingerprint density at radius 1 is 1.12 bits per heavy atom. The number of aromatic nitrogens is 1. The third-order valence-corrected chi connectivity index (χ3v) is 5.94. The first-order chi connectivity index (χ1) is 12.6. The van der Waals surface area contributed by atoms with Crippen LogP contribution in [0.15, 0.2) is 46.3 Å². The van der Waals surface area contributed by atoms with E-state index in [0.29, 0.717) is 4.80 Å². The van der Waals surface area contributed by atoms with Gasteiger partial charge >= 0.3 is 0 Å². The molecule has 0 N–H and O–H groups in total. The highest BCUT2D eigenvalue weighted by Crippen LogP contribution is 2.34. The van der Waals surface area contributed by atoms with Crippen molar-refractivity contribution in [2.75, 3.05) is 20.5 Å². The van der Waals surface area contributed by atoms with Crippen LogP contribution < -0.4 is 14.3 Å². The summed E-state index contributed by atoms with van der Waals surface area (Å²) < 4.78 is 13.7. The Bertz CT molecular complexity index is 1000. The number of hydrogen-bond acceptors (Lipinski definition) is 5. The summed E-state index contributed by atoms with van der Waals surface area (Å²) >= 11 is 3.09. The lowest BCUT2D eigenvalue weighted by atomic mass is 10.1. The number of carbonyl (C=O) groups is 1. The average molecular weight is 389 g/mol. The number of thioether (sulfide) groups is 1. The first kappa shape index (κ1) is 18.5. The summed E-state index contributed by atoms with van der Waals surface area (Å²) in [5.74, 6) is 1.28. The molecule has 7 heteroatoms. The first-order valence-electron chi connectivity index (χ1n) is 7.98. The molecule has 0 unspecified atom stereocenters. The minimum Gasteiger partial charge on any atom is -0.495 e. The van der Waals surface area contributed by atoms with E-state index in [1.165, 1.54) is 16.2 Å². The number of fused-ring (bicyclic) bond motifs is 1. The third-order valence-electron chi connectivity index (χ3n) is 4.05. The second-order valence-corrected chi connectivity index (χ2v) is 7.48. The molecule has 0 aliphatic heterocycles. The second kappa shape index (κ2) is 7.97. The fourth-order valence-corrected chi connectivity index (χ4v) is 4.25. The Balaban J connectivity index is 1.98. The van der Waals surface area contributed by atoms with Crippen LogP contribution >= 0.6 is 23.1 Å². The Kier molecular flexibility index (Phi) is 5.68. The van der Waals surface area contributed by atoms with E-state index in [1.54, 1.807) is 26.0 Å². The Morgan fingerprint density at radius 2 is 1.77 bits per heavy atom. The summed E-state index contributed by atoms with van der Waals surface area (Å²) in [5.41, 5.74) is 1.82. The van der Waals surface area contributed by atoms with E-state index < -0.39 is 0 Å². The predicted molar refractivity (Wildman–Crippen MR) is 106 cm³/mol. The highest BCUT2D eigenvalue weighted by molar-refractivity contribution is 7.98. The molecular weight excluding hydrogens is 368 g/mol. The lowest BCUT2D eigenvalue weighted by Crippen LogP contribution is -2.14. The number of nitrogens with zero attached hydrogens (tertiary/aromatic N) is 2. The molecule has 0 atom stereocenters. The van der Waals surface area contributed by atoms with Crippen LogP contribution in [0.1, 0.15) is 5.56 Å². The smallest absolute Gasteiger partial charge is 0.252 e. The van der Waals surface area contributed by atoms with Crippen molar-refractivity contribution >= 4 is 39.2 Å². The molecule has 0 bridgehead atoms. The van der Waals surface area contributed by atoms with Crippen LogP contribution in [0.5, 0.6) is 11.5 Å². The average Bonchev–Trinajstić information content (AvgIpc) is 2.98. The largest absolute Gasteiger partial charge is 0.495 e. The number of benzene rings is 2. The molecule has 3 rings (SSSR count). The molecule has 0 saturated heterocycles. The molecule has 0 aliphatic rings. The molecule has 1 aromatic heterocycles. The lowest BCUT2D eigenvalue weighted by Gasteiger charge is -2.06. The summed E-state index contributed by atoms with van der Waals surface area (Å²) in [6.45, 7) is 0. The van der Waals surface area contributed by atoms with Crippen molar-refractivity contribution in [3.05, 3.63) is 46.8 Å². The van der Waals surface area contributed by atoms with Crippen molar-refractivity contribution in [1.82, 2.24) is 4.57 Å². The van der Waals surface area contributed by atoms with Gasteiger partial charge in [-0.3, -0.25) is 4.79 Å². The molecule has 1 amide bonds. The van der Waals surface area contributed by atoms with E-state index in [-0.39, 0.29) is 12.3 Å². The Labute approximate surface area is 160 Å². The highest BCUT2D eigenvalue weighted by Gasteiger charge is 2.14. The Morgan fingerprint density at radius 3 is 2.38 bits per heavy atom. The van der Waals surface area contributed by atoms with Gasteiger partial charge in [0.1, 0.15) is 21.7 Å². The number of aryl methyl sites for hydroxylation is 1. The summed E-state index contributed by atoms with van der Waals surface area (Å²) in [4.78, 5) is 18.5. The lowest BCUT2D eigenvalue weighted by molar-refractivity contribution is -0.117. The first-order valence-corrected chi connectivity index (χ1v) is 10.0. The standard InChI is InChI=1S/C19H20N2O3S2/c1-21-17-14(23-2)9-10-15(24-3)18(17)26-19(21)20-16(22)11-12-5-7-13(25-4)8-6-12/h5-10H,11H2,1-4H3.